The molecule has 0 spiro atoms. The minimum absolute atomic E-state index is 0.112. The lowest BCUT2D eigenvalue weighted by Crippen LogP contribution is -2.15. The van der Waals surface area contributed by atoms with E-state index in [-0.39, 0.29) is 10.6 Å². The predicted molar refractivity (Wildman–Crippen MR) is 89.5 cm³/mol. The number of hydrogen-bond donors (Lipinski definition) is 2. The normalized spacial score (nSPS) is 11.6. The summed E-state index contributed by atoms with van der Waals surface area (Å²) in [6, 6.07) is 7.36. The van der Waals surface area contributed by atoms with Crippen LogP contribution >= 0.6 is 0 Å². The van der Waals surface area contributed by atoms with Gasteiger partial charge in [0.05, 0.1) is 27.2 Å². The second-order valence-corrected chi connectivity index (χ2v) is 7.07. The third-order valence-corrected chi connectivity index (χ3v) is 5.31. The summed E-state index contributed by atoms with van der Waals surface area (Å²) in [7, 11) is -3.96. The van der Waals surface area contributed by atoms with Gasteiger partial charge in [-0.15, -0.1) is 0 Å². The number of rotatable bonds is 4. The number of nitro benzene ring substituents is 1. The van der Waals surface area contributed by atoms with Gasteiger partial charge < -0.3 is 0 Å². The minimum Gasteiger partial charge on any atom is -0.280 e. The molecule has 2 aromatic carbocycles. The third-order valence-electron chi connectivity index (χ3n) is 3.80. The molecule has 0 fully saturated rings. The van der Waals surface area contributed by atoms with Gasteiger partial charge >= 0.3 is 0 Å². The lowest BCUT2D eigenvalue weighted by molar-refractivity contribution is -0.385. The van der Waals surface area contributed by atoms with Crippen LogP contribution in [0.25, 0.3) is 10.9 Å². The Hall–Kier alpha value is -2.94. The van der Waals surface area contributed by atoms with Crippen LogP contribution in [0.1, 0.15) is 11.1 Å². The number of nitrogens with zero attached hydrogens (tertiary/aromatic N) is 2. The Kier molecular flexibility index (Phi) is 3.72. The summed E-state index contributed by atoms with van der Waals surface area (Å²) < 4.78 is 27.8. The first-order chi connectivity index (χ1) is 11.3. The topological polar surface area (TPSA) is 118 Å². The van der Waals surface area contributed by atoms with Gasteiger partial charge in [-0.1, -0.05) is 0 Å². The van der Waals surface area contributed by atoms with Crippen LogP contribution in [0.5, 0.6) is 0 Å². The molecule has 2 N–H and O–H groups in total. The molecule has 8 nitrogen and oxygen atoms in total. The number of nitro groups is 1. The van der Waals surface area contributed by atoms with E-state index in [1.807, 2.05) is 0 Å². The molecular formula is C15H14N4O4S. The minimum atomic E-state index is -3.96. The number of H-pyrrole nitrogens is 1. The number of aryl methyl sites for hydroxylation is 1. The van der Waals surface area contributed by atoms with Crippen LogP contribution in [-0.4, -0.2) is 23.5 Å². The van der Waals surface area contributed by atoms with Crippen LogP contribution in [0.4, 0.5) is 11.4 Å². The quantitative estimate of drug-likeness (QED) is 0.556. The molecule has 24 heavy (non-hydrogen) atoms. The summed E-state index contributed by atoms with van der Waals surface area (Å²) in [5.74, 6) is 0. The zero-order valence-electron chi connectivity index (χ0n) is 12.9. The van der Waals surface area contributed by atoms with Crippen molar-refractivity contribution < 1.29 is 13.3 Å². The fourth-order valence-electron chi connectivity index (χ4n) is 2.40. The van der Waals surface area contributed by atoms with Crippen molar-refractivity contribution in [2.75, 3.05) is 4.72 Å². The molecule has 3 rings (SSSR count). The molecule has 0 aliphatic heterocycles. The molecule has 0 radical (unpaired) electrons. The largest absolute Gasteiger partial charge is 0.280 e. The van der Waals surface area contributed by atoms with Crippen molar-refractivity contribution in [1.82, 2.24) is 10.2 Å². The fourth-order valence-corrected chi connectivity index (χ4v) is 3.79. The molecular weight excluding hydrogens is 332 g/mol. The maximum atomic E-state index is 12.7. The van der Waals surface area contributed by atoms with Gasteiger partial charge in [0.15, 0.2) is 0 Å². The number of fused-ring (bicyclic) bond motifs is 1. The van der Waals surface area contributed by atoms with Crippen molar-refractivity contribution >= 4 is 32.3 Å². The van der Waals surface area contributed by atoms with Gasteiger partial charge in [-0.2, -0.15) is 5.10 Å². The molecule has 0 saturated heterocycles. The number of aromatic nitrogens is 2. The number of anilines is 1. The average Bonchev–Trinajstić information content (AvgIpc) is 2.96. The summed E-state index contributed by atoms with van der Waals surface area (Å²) >= 11 is 0. The SMILES string of the molecule is Cc1cc([N+](=O)[O-])cc(S(=O)(=O)Nc2ccc3cn[nH]c3c2)c1C. The average molecular weight is 346 g/mol. The van der Waals surface area contributed by atoms with E-state index < -0.39 is 14.9 Å². The van der Waals surface area contributed by atoms with Crippen LogP contribution in [0.15, 0.2) is 41.4 Å². The van der Waals surface area contributed by atoms with Gasteiger partial charge in [0, 0.05) is 17.5 Å². The lowest BCUT2D eigenvalue weighted by atomic mass is 10.1. The van der Waals surface area contributed by atoms with Crippen LogP contribution < -0.4 is 4.72 Å². The molecule has 1 heterocycles. The maximum Gasteiger partial charge on any atom is 0.271 e. The Balaban J connectivity index is 2.05. The van der Waals surface area contributed by atoms with E-state index in [4.69, 9.17) is 0 Å². The summed E-state index contributed by atoms with van der Waals surface area (Å²) in [5.41, 5.74) is 1.77. The van der Waals surface area contributed by atoms with E-state index in [2.05, 4.69) is 14.9 Å². The van der Waals surface area contributed by atoms with E-state index >= 15 is 0 Å². The van der Waals surface area contributed by atoms with Crippen molar-refractivity contribution in [2.45, 2.75) is 18.7 Å². The number of hydrogen-bond acceptors (Lipinski definition) is 5. The van der Waals surface area contributed by atoms with Crippen molar-refractivity contribution in [3.8, 4) is 0 Å². The zero-order valence-corrected chi connectivity index (χ0v) is 13.7. The molecule has 0 bridgehead atoms. The van der Waals surface area contributed by atoms with Crippen molar-refractivity contribution in [2.24, 2.45) is 0 Å². The third kappa shape index (κ3) is 2.81. The van der Waals surface area contributed by atoms with Crippen molar-refractivity contribution in [3.05, 3.63) is 57.8 Å². The summed E-state index contributed by atoms with van der Waals surface area (Å²) in [5, 5.41) is 18.5. The molecule has 3 aromatic rings. The molecule has 9 heteroatoms. The number of nitrogens with one attached hydrogen (secondary N) is 2. The van der Waals surface area contributed by atoms with Crippen molar-refractivity contribution in [1.29, 1.82) is 0 Å². The highest BCUT2D eigenvalue weighted by Crippen LogP contribution is 2.27. The van der Waals surface area contributed by atoms with Gasteiger partial charge in [-0.3, -0.25) is 19.9 Å². The molecule has 1 aromatic heterocycles. The van der Waals surface area contributed by atoms with Gasteiger partial charge in [0.1, 0.15) is 0 Å². The van der Waals surface area contributed by atoms with Crippen LogP contribution in [0.3, 0.4) is 0 Å². The van der Waals surface area contributed by atoms with E-state index in [0.717, 1.165) is 11.5 Å². The Bertz CT molecular complexity index is 1060. The van der Waals surface area contributed by atoms with E-state index in [1.165, 1.54) is 6.07 Å². The Morgan fingerprint density at radius 3 is 2.67 bits per heavy atom. The van der Waals surface area contributed by atoms with Gasteiger partial charge in [-0.25, -0.2) is 8.42 Å². The highest BCUT2D eigenvalue weighted by atomic mass is 32.2. The van der Waals surface area contributed by atoms with Crippen molar-refractivity contribution in [3.63, 3.8) is 0 Å². The Morgan fingerprint density at radius 1 is 1.21 bits per heavy atom. The lowest BCUT2D eigenvalue weighted by Gasteiger charge is -2.12. The van der Waals surface area contributed by atoms with Gasteiger partial charge in [-0.05, 0) is 43.2 Å². The zero-order chi connectivity index (χ0) is 17.5. The molecule has 0 amide bonds. The first-order valence-corrected chi connectivity index (χ1v) is 8.48. The standard InChI is InChI=1S/C15H14N4O4S/c1-9-5-13(19(20)21)7-15(10(9)2)24(22,23)18-12-4-3-11-8-16-17-14(11)6-12/h3-8,18H,1-2H3,(H,16,17). The fraction of sp³-hybridized carbons (Fsp3) is 0.133. The smallest absolute Gasteiger partial charge is 0.271 e. The molecule has 0 aliphatic carbocycles. The second kappa shape index (κ2) is 5.60. The van der Waals surface area contributed by atoms with E-state index in [9.17, 15) is 18.5 Å². The van der Waals surface area contributed by atoms with E-state index in [1.54, 1.807) is 38.2 Å². The first kappa shape index (κ1) is 15.9. The first-order valence-electron chi connectivity index (χ1n) is 6.99. The highest BCUT2D eigenvalue weighted by molar-refractivity contribution is 7.92. The number of benzene rings is 2. The van der Waals surface area contributed by atoms with Crippen LogP contribution in [-0.2, 0) is 10.0 Å². The molecule has 124 valence electrons. The van der Waals surface area contributed by atoms with Gasteiger partial charge in [0.25, 0.3) is 15.7 Å². The summed E-state index contributed by atoms with van der Waals surface area (Å²) in [6.45, 7) is 3.25. The number of aromatic amines is 1. The highest BCUT2D eigenvalue weighted by Gasteiger charge is 2.22. The summed E-state index contributed by atoms with van der Waals surface area (Å²) in [4.78, 5) is 10.3. The molecule has 0 unspecified atom stereocenters. The maximum absolute atomic E-state index is 12.7. The number of sulfonamides is 1. The summed E-state index contributed by atoms with van der Waals surface area (Å²) in [6.07, 6.45) is 1.63. The van der Waals surface area contributed by atoms with E-state index in [0.29, 0.717) is 22.3 Å². The van der Waals surface area contributed by atoms with Crippen LogP contribution in [0, 0.1) is 24.0 Å². The predicted octanol–water partition coefficient (Wildman–Crippen LogP) is 2.89. The molecule has 0 saturated carbocycles. The Morgan fingerprint density at radius 2 is 1.96 bits per heavy atom. The van der Waals surface area contributed by atoms with Crippen LogP contribution in [0.2, 0.25) is 0 Å². The molecule has 0 aliphatic rings. The van der Waals surface area contributed by atoms with Gasteiger partial charge in [0.2, 0.25) is 0 Å². The molecule has 0 atom stereocenters. The monoisotopic (exact) mass is 346 g/mol. The second-order valence-electron chi connectivity index (χ2n) is 5.42. The Labute approximate surface area is 137 Å². The number of non-ortho nitro benzene ring substituents is 1.